The Hall–Kier alpha value is -0.880. The van der Waals surface area contributed by atoms with E-state index in [2.05, 4.69) is 38.8 Å². The molecule has 1 unspecified atom stereocenters. The molecule has 2 aromatic carbocycles. The molecule has 1 atom stereocenters. The van der Waals surface area contributed by atoms with E-state index in [-0.39, 0.29) is 5.56 Å². The van der Waals surface area contributed by atoms with Crippen molar-refractivity contribution in [3.63, 3.8) is 0 Å². The zero-order chi connectivity index (χ0) is 17.9. The van der Waals surface area contributed by atoms with E-state index in [0.29, 0.717) is 11.1 Å². The first kappa shape index (κ1) is 19.4. The molecule has 0 aliphatic rings. The average Bonchev–Trinajstić information content (AvgIpc) is 2.50. The number of halogens is 6. The van der Waals surface area contributed by atoms with E-state index in [9.17, 15) is 17.6 Å². The molecule has 0 saturated carbocycles. The third-order valence-corrected chi connectivity index (χ3v) is 5.77. The number of alkyl halides is 4. The summed E-state index contributed by atoms with van der Waals surface area (Å²) in [5.41, 5.74) is 1.86. The van der Waals surface area contributed by atoms with Crippen molar-refractivity contribution in [1.82, 2.24) is 0 Å². The van der Waals surface area contributed by atoms with Crippen LogP contribution in [0, 0.1) is 11.6 Å². The largest absolute Gasteiger partial charge is 0.314 e. The van der Waals surface area contributed by atoms with Crippen LogP contribution in [0.2, 0.25) is 0 Å². The quantitative estimate of drug-likeness (QED) is 0.321. The topological polar surface area (TPSA) is 0 Å². The van der Waals surface area contributed by atoms with Crippen molar-refractivity contribution < 1.29 is 17.6 Å². The van der Waals surface area contributed by atoms with Gasteiger partial charge in [0.05, 0.1) is 4.83 Å². The van der Waals surface area contributed by atoms with E-state index in [1.54, 1.807) is 12.1 Å². The molecule has 24 heavy (non-hydrogen) atoms. The number of hydrogen-bond donors (Lipinski definition) is 0. The Morgan fingerprint density at radius 3 is 2.00 bits per heavy atom. The molecule has 0 aliphatic heterocycles. The minimum Gasteiger partial charge on any atom is -0.207 e. The highest BCUT2D eigenvalue weighted by Gasteiger charge is 2.35. The van der Waals surface area contributed by atoms with Crippen molar-refractivity contribution in [2.24, 2.45) is 0 Å². The molecule has 6 heteroatoms. The van der Waals surface area contributed by atoms with Crippen molar-refractivity contribution in [2.45, 2.75) is 35.8 Å². The first-order valence-electron chi connectivity index (χ1n) is 7.50. The molecule has 0 heterocycles. The second kappa shape index (κ2) is 8.00. The lowest BCUT2D eigenvalue weighted by Gasteiger charge is -2.17. The van der Waals surface area contributed by atoms with Gasteiger partial charge in [0.25, 0.3) is 0 Å². The first-order valence-corrected chi connectivity index (χ1v) is 9.21. The molecule has 2 rings (SSSR count). The summed E-state index contributed by atoms with van der Waals surface area (Å²) in [6.07, 6.45) is 1.49. The zero-order valence-corrected chi connectivity index (χ0v) is 16.1. The van der Waals surface area contributed by atoms with Gasteiger partial charge < -0.3 is 0 Å². The Morgan fingerprint density at radius 2 is 1.54 bits per heavy atom. The molecule has 0 spiro atoms. The summed E-state index contributed by atoms with van der Waals surface area (Å²) < 4.78 is 54.7. The molecule has 0 aromatic heterocycles. The Kier molecular flexibility index (Phi) is 6.48. The van der Waals surface area contributed by atoms with Crippen molar-refractivity contribution >= 4 is 31.9 Å². The third-order valence-electron chi connectivity index (χ3n) is 3.71. The molecule has 0 saturated heterocycles. The summed E-state index contributed by atoms with van der Waals surface area (Å²) in [6.45, 7) is 2.07. The van der Waals surface area contributed by atoms with E-state index in [1.165, 1.54) is 12.1 Å². The summed E-state index contributed by atoms with van der Waals surface area (Å²) in [5, 5.41) is 0. The van der Waals surface area contributed by atoms with Crippen LogP contribution in [0.15, 0.2) is 36.4 Å². The summed E-state index contributed by atoms with van der Waals surface area (Å²) in [6, 6.07) is 9.81. The molecule has 0 nitrogen and oxygen atoms in total. The first-order chi connectivity index (χ1) is 11.2. The Bertz CT molecular complexity index is 670. The SMILES string of the molecule is CCCc1ccc(-c2cc(F)c(CC(Br)C(F)(F)Br)c(F)c2)cc1. The summed E-state index contributed by atoms with van der Waals surface area (Å²) >= 11 is 4.96. The van der Waals surface area contributed by atoms with Crippen LogP contribution >= 0.6 is 31.9 Å². The number of aryl methyl sites for hydroxylation is 1. The molecule has 2 aromatic rings. The summed E-state index contributed by atoms with van der Waals surface area (Å²) in [7, 11) is 0. The average molecular weight is 468 g/mol. The van der Waals surface area contributed by atoms with Crippen LogP contribution in [0.1, 0.15) is 24.5 Å². The Balaban J connectivity index is 2.29. The third kappa shape index (κ3) is 4.82. The van der Waals surface area contributed by atoms with Crippen LogP contribution in [0.5, 0.6) is 0 Å². The van der Waals surface area contributed by atoms with E-state index < -0.39 is 27.7 Å². The minimum atomic E-state index is -3.25. The van der Waals surface area contributed by atoms with Gasteiger partial charge in [0.2, 0.25) is 0 Å². The van der Waals surface area contributed by atoms with Crippen LogP contribution < -0.4 is 0 Å². The van der Waals surface area contributed by atoms with Crippen molar-refractivity contribution in [2.75, 3.05) is 0 Å². The van der Waals surface area contributed by atoms with Crippen LogP contribution in [0.3, 0.4) is 0 Å². The summed E-state index contributed by atoms with van der Waals surface area (Å²) in [4.78, 5) is -4.66. The van der Waals surface area contributed by atoms with Crippen molar-refractivity contribution in [1.29, 1.82) is 0 Å². The Morgan fingerprint density at radius 1 is 1.00 bits per heavy atom. The maximum atomic E-state index is 14.2. The normalized spacial score (nSPS) is 13.1. The minimum absolute atomic E-state index is 0.359. The van der Waals surface area contributed by atoms with E-state index >= 15 is 0 Å². The maximum Gasteiger partial charge on any atom is 0.314 e. The van der Waals surface area contributed by atoms with Gasteiger partial charge in [-0.2, -0.15) is 8.78 Å². The molecule has 0 N–H and O–H groups in total. The van der Waals surface area contributed by atoms with Gasteiger partial charge in [-0.3, -0.25) is 0 Å². The fourth-order valence-electron chi connectivity index (χ4n) is 2.41. The fourth-order valence-corrected chi connectivity index (χ4v) is 2.90. The van der Waals surface area contributed by atoms with E-state index in [4.69, 9.17) is 0 Å². The van der Waals surface area contributed by atoms with Crippen LogP contribution in [0.4, 0.5) is 17.6 Å². The molecule has 130 valence electrons. The van der Waals surface area contributed by atoms with E-state index in [0.717, 1.165) is 18.4 Å². The van der Waals surface area contributed by atoms with Crippen LogP contribution in [-0.4, -0.2) is 9.66 Å². The highest BCUT2D eigenvalue weighted by molar-refractivity contribution is 9.12. The predicted octanol–water partition coefficient (Wildman–Crippen LogP) is 6.88. The van der Waals surface area contributed by atoms with Crippen molar-refractivity contribution in [3.8, 4) is 11.1 Å². The molecular formula is C18H16Br2F4. The molecule has 0 aliphatic carbocycles. The lowest BCUT2D eigenvalue weighted by Crippen LogP contribution is -2.24. The van der Waals surface area contributed by atoms with Gasteiger partial charge in [-0.1, -0.05) is 53.5 Å². The smallest absolute Gasteiger partial charge is 0.207 e. The number of rotatable bonds is 6. The molecule has 0 radical (unpaired) electrons. The van der Waals surface area contributed by atoms with Crippen LogP contribution in [-0.2, 0) is 12.8 Å². The lowest BCUT2D eigenvalue weighted by atomic mass is 9.99. The maximum absolute atomic E-state index is 14.2. The van der Waals surface area contributed by atoms with Gasteiger partial charge >= 0.3 is 4.83 Å². The van der Waals surface area contributed by atoms with Gasteiger partial charge in [-0.25, -0.2) is 8.78 Å². The van der Waals surface area contributed by atoms with Gasteiger partial charge in [0.1, 0.15) is 11.6 Å². The molecule has 0 bridgehead atoms. The fraction of sp³-hybridized carbons (Fsp3) is 0.333. The highest BCUT2D eigenvalue weighted by atomic mass is 79.9. The number of benzene rings is 2. The number of hydrogen-bond acceptors (Lipinski definition) is 0. The van der Waals surface area contributed by atoms with Gasteiger partial charge in [0.15, 0.2) is 0 Å². The van der Waals surface area contributed by atoms with E-state index in [1.807, 2.05) is 12.1 Å². The second-order valence-corrected chi connectivity index (χ2v) is 7.74. The van der Waals surface area contributed by atoms with Crippen molar-refractivity contribution in [3.05, 3.63) is 59.2 Å². The molecular weight excluding hydrogens is 452 g/mol. The standard InChI is InChI=1S/C18H16Br2F4/c1-2-3-11-4-6-12(7-5-11)13-8-15(21)14(16(22)9-13)10-17(19)18(20,23)24/h4-9,17H,2-3,10H2,1H3. The summed E-state index contributed by atoms with van der Waals surface area (Å²) in [5.74, 6) is -1.66. The second-order valence-electron chi connectivity index (χ2n) is 5.58. The highest BCUT2D eigenvalue weighted by Crippen LogP contribution is 2.35. The monoisotopic (exact) mass is 466 g/mol. The lowest BCUT2D eigenvalue weighted by molar-refractivity contribution is 0.113. The predicted molar refractivity (Wildman–Crippen MR) is 96.1 cm³/mol. The van der Waals surface area contributed by atoms with Gasteiger partial charge in [-0.05, 0) is 57.6 Å². The Labute approximate surface area is 155 Å². The van der Waals surface area contributed by atoms with Crippen LogP contribution in [0.25, 0.3) is 11.1 Å². The van der Waals surface area contributed by atoms with Gasteiger partial charge in [0, 0.05) is 5.56 Å². The van der Waals surface area contributed by atoms with Gasteiger partial charge in [-0.15, -0.1) is 0 Å². The zero-order valence-electron chi connectivity index (χ0n) is 12.9. The molecule has 0 fully saturated rings. The molecule has 0 amide bonds.